The van der Waals surface area contributed by atoms with E-state index in [0.717, 1.165) is 70.6 Å². The summed E-state index contributed by atoms with van der Waals surface area (Å²) in [5.41, 5.74) is 0. The molecule has 0 spiro atoms. The van der Waals surface area contributed by atoms with Gasteiger partial charge in [0.15, 0.2) is 6.10 Å². The Balaban J connectivity index is 0. The number of hydrogen-bond donors (Lipinski definition) is 0. The van der Waals surface area contributed by atoms with Gasteiger partial charge in [0.1, 0.15) is 6.61 Å². The summed E-state index contributed by atoms with van der Waals surface area (Å²) in [6.07, 6.45) is 39.7. The number of esters is 2. The molecule has 300 valence electrons. The van der Waals surface area contributed by atoms with Gasteiger partial charge in [-0.05, 0) is 70.6 Å². The van der Waals surface area contributed by atoms with Crippen LogP contribution < -0.4 is 34.5 Å². The van der Waals surface area contributed by atoms with Crippen LogP contribution in [0.2, 0.25) is 0 Å². The molecule has 2 atom stereocenters. The van der Waals surface area contributed by atoms with Crippen molar-refractivity contribution in [3.63, 3.8) is 0 Å². The number of ether oxygens (including phenoxy) is 2. The Bertz CT molecular complexity index is 897. The molecule has 52 heavy (non-hydrogen) atoms. The van der Waals surface area contributed by atoms with Crippen molar-refractivity contribution >= 4 is 19.8 Å². The third-order valence-corrected chi connectivity index (χ3v) is 9.85. The molecular weight excluding hydrogens is 686 g/mol. The zero-order chi connectivity index (χ0) is 37.5. The van der Waals surface area contributed by atoms with Crippen molar-refractivity contribution in [3.05, 3.63) is 24.3 Å². The van der Waals surface area contributed by atoms with Crippen LogP contribution >= 0.6 is 7.82 Å². The van der Waals surface area contributed by atoms with E-state index in [0.29, 0.717) is 12.8 Å². The first kappa shape index (κ1) is 53.6. The molecule has 0 aromatic carbocycles. The average molecular weight is 765 g/mol. The minimum Gasteiger partial charge on any atom is -0.756 e. The Morgan fingerprint density at radius 2 is 0.904 bits per heavy atom. The molecule has 8 nitrogen and oxygen atoms in total. The fourth-order valence-corrected chi connectivity index (χ4v) is 6.54. The summed E-state index contributed by atoms with van der Waals surface area (Å²) >= 11 is 0. The first-order valence-corrected chi connectivity index (χ1v) is 22.6. The fourth-order valence-electron chi connectivity index (χ4n) is 5.71. The van der Waals surface area contributed by atoms with Crippen LogP contribution in [-0.4, -0.2) is 37.9 Å². The monoisotopic (exact) mass is 765 g/mol. The third-order valence-electron chi connectivity index (χ3n) is 8.89. The van der Waals surface area contributed by atoms with Crippen LogP contribution in [0.4, 0.5) is 0 Å². The number of phosphoric ester groups is 1. The Hall–Kier alpha value is -0.470. The summed E-state index contributed by atoms with van der Waals surface area (Å²) in [7, 11) is -4.54. The van der Waals surface area contributed by atoms with Crippen molar-refractivity contribution in [2.45, 2.75) is 213 Å². The molecule has 0 aromatic rings. The Morgan fingerprint density at radius 1 is 0.519 bits per heavy atom. The summed E-state index contributed by atoms with van der Waals surface area (Å²) < 4.78 is 32.6. The standard InChI is InChI=1S/C42H79O8P.Na/c1-4-7-9-11-13-15-17-19-21-23-25-27-29-31-33-35-41(43)47-38-40(39-49-51(45,46)48-37-6-3)50-42(44)36-34-32-30-28-26-24-22-20-18-16-14-12-10-8-5-2;/h19-22,40H,4-18,23-39H2,1-3H3,(H,45,46);/q;+1/p-1. The molecule has 0 aromatic heterocycles. The number of hydrogen-bond acceptors (Lipinski definition) is 8. The normalized spacial score (nSPS) is 13.3. The van der Waals surface area contributed by atoms with Crippen LogP contribution in [0, 0.1) is 0 Å². The molecule has 0 aliphatic carbocycles. The molecule has 0 saturated carbocycles. The van der Waals surface area contributed by atoms with Gasteiger partial charge in [-0.1, -0.05) is 148 Å². The second-order valence-electron chi connectivity index (χ2n) is 14.0. The van der Waals surface area contributed by atoms with Gasteiger partial charge in [0.05, 0.1) is 13.2 Å². The van der Waals surface area contributed by atoms with Crippen molar-refractivity contribution in [1.29, 1.82) is 0 Å². The van der Waals surface area contributed by atoms with Crippen molar-refractivity contribution in [1.82, 2.24) is 0 Å². The zero-order valence-electron chi connectivity index (χ0n) is 34.2. The van der Waals surface area contributed by atoms with Crippen LogP contribution in [0.5, 0.6) is 0 Å². The Labute approximate surface area is 342 Å². The van der Waals surface area contributed by atoms with E-state index in [2.05, 4.69) is 38.2 Å². The fraction of sp³-hybridized carbons (Fsp3) is 0.857. The van der Waals surface area contributed by atoms with Gasteiger partial charge >= 0.3 is 41.5 Å². The maximum absolute atomic E-state index is 12.5. The molecule has 2 unspecified atom stereocenters. The van der Waals surface area contributed by atoms with Crippen molar-refractivity contribution in [2.75, 3.05) is 19.8 Å². The van der Waals surface area contributed by atoms with Crippen LogP contribution in [0.25, 0.3) is 0 Å². The number of unbranched alkanes of at least 4 members (excludes halogenated alkanes) is 22. The van der Waals surface area contributed by atoms with E-state index in [1.165, 1.54) is 89.9 Å². The maximum Gasteiger partial charge on any atom is 1.00 e. The SMILES string of the molecule is CCCCCCCCC=CCCCCCCCC(=O)OCC(COP(=O)([O-])OCCC)OC(=O)CCCCCCCC=CCCCCCCCC.[Na+]. The minimum atomic E-state index is -4.54. The number of carbonyl (C=O) groups is 2. The van der Waals surface area contributed by atoms with E-state index in [4.69, 9.17) is 18.5 Å². The quantitative estimate of drug-likeness (QED) is 0.0200. The molecule has 0 saturated heterocycles. The van der Waals surface area contributed by atoms with E-state index >= 15 is 0 Å². The summed E-state index contributed by atoms with van der Waals surface area (Å²) in [5.74, 6) is -0.844. The average Bonchev–Trinajstić information content (AvgIpc) is 3.11. The van der Waals surface area contributed by atoms with Crippen molar-refractivity contribution in [3.8, 4) is 0 Å². The molecular formula is C42H78NaO8P. The maximum atomic E-state index is 12.5. The smallest absolute Gasteiger partial charge is 0.756 e. The zero-order valence-corrected chi connectivity index (χ0v) is 37.1. The Morgan fingerprint density at radius 3 is 1.33 bits per heavy atom. The first-order chi connectivity index (χ1) is 24.8. The van der Waals surface area contributed by atoms with Crippen LogP contribution in [-0.2, 0) is 32.7 Å². The minimum absolute atomic E-state index is 0. The van der Waals surface area contributed by atoms with E-state index in [9.17, 15) is 19.0 Å². The summed E-state index contributed by atoms with van der Waals surface area (Å²) in [6, 6.07) is 0. The van der Waals surface area contributed by atoms with Gasteiger partial charge < -0.3 is 23.4 Å². The van der Waals surface area contributed by atoms with Gasteiger partial charge in [0.25, 0.3) is 7.82 Å². The summed E-state index contributed by atoms with van der Waals surface area (Å²) in [4.78, 5) is 37.0. The van der Waals surface area contributed by atoms with Crippen molar-refractivity contribution < 1.29 is 67.1 Å². The number of carbonyl (C=O) groups excluding carboxylic acids is 2. The van der Waals surface area contributed by atoms with Crippen LogP contribution in [0.1, 0.15) is 207 Å². The van der Waals surface area contributed by atoms with E-state index in [1.807, 2.05) is 0 Å². The molecule has 0 heterocycles. The molecule has 10 heteroatoms. The van der Waals surface area contributed by atoms with E-state index in [1.54, 1.807) is 6.92 Å². The molecule has 0 bridgehead atoms. The second-order valence-corrected chi connectivity index (χ2v) is 15.5. The van der Waals surface area contributed by atoms with Gasteiger partial charge in [-0.25, -0.2) is 0 Å². The largest absolute Gasteiger partial charge is 1.00 e. The molecule has 0 radical (unpaired) electrons. The molecule has 0 fully saturated rings. The van der Waals surface area contributed by atoms with Crippen LogP contribution in [0.15, 0.2) is 24.3 Å². The molecule has 0 N–H and O–H groups in total. The molecule has 0 rings (SSSR count). The first-order valence-electron chi connectivity index (χ1n) is 21.1. The second kappa shape index (κ2) is 41.7. The van der Waals surface area contributed by atoms with Gasteiger partial charge in [-0.15, -0.1) is 0 Å². The Kier molecular flexibility index (Phi) is 43.0. The molecule has 0 amide bonds. The number of allylic oxidation sites excluding steroid dienone is 4. The van der Waals surface area contributed by atoms with Gasteiger partial charge in [-0.3, -0.25) is 14.2 Å². The third kappa shape index (κ3) is 40.7. The van der Waals surface area contributed by atoms with Gasteiger partial charge in [0, 0.05) is 12.8 Å². The number of phosphoric acid groups is 1. The summed E-state index contributed by atoms with van der Waals surface area (Å²) in [5, 5.41) is 0. The van der Waals surface area contributed by atoms with E-state index in [-0.39, 0.29) is 55.6 Å². The predicted molar refractivity (Wildman–Crippen MR) is 210 cm³/mol. The molecule has 0 aliphatic rings. The van der Waals surface area contributed by atoms with Crippen molar-refractivity contribution in [2.24, 2.45) is 0 Å². The number of rotatable bonds is 39. The van der Waals surface area contributed by atoms with Gasteiger partial charge in [-0.2, -0.15) is 0 Å². The molecule has 0 aliphatic heterocycles. The predicted octanol–water partition coefficient (Wildman–Crippen LogP) is 9.43. The van der Waals surface area contributed by atoms with Gasteiger partial charge in [0.2, 0.25) is 0 Å². The van der Waals surface area contributed by atoms with E-state index < -0.39 is 32.5 Å². The van der Waals surface area contributed by atoms with Crippen LogP contribution in [0.3, 0.4) is 0 Å². The topological polar surface area (TPSA) is 111 Å². The summed E-state index contributed by atoms with van der Waals surface area (Å²) in [6.45, 7) is 5.58.